The molecule has 1 aromatic heterocycles. The van der Waals surface area contributed by atoms with E-state index < -0.39 is 10.0 Å². The number of rotatable bonds is 7. The summed E-state index contributed by atoms with van der Waals surface area (Å²) in [4.78, 5) is 19.3. The average molecular weight is 417 g/mol. The number of aryl methyl sites for hydroxylation is 1. The summed E-state index contributed by atoms with van der Waals surface area (Å²) in [5.41, 5.74) is 2.36. The molecule has 0 unspecified atom stereocenters. The first-order chi connectivity index (χ1) is 13.9. The minimum atomic E-state index is -3.61. The quantitative estimate of drug-likeness (QED) is 0.749. The van der Waals surface area contributed by atoms with E-state index in [0.717, 1.165) is 31.6 Å². The van der Waals surface area contributed by atoms with E-state index in [2.05, 4.69) is 15.2 Å². The van der Waals surface area contributed by atoms with Crippen LogP contribution in [-0.4, -0.2) is 49.8 Å². The lowest BCUT2D eigenvalue weighted by Crippen LogP contribution is -2.31. The average Bonchev–Trinajstić information content (AvgIpc) is 3.25. The summed E-state index contributed by atoms with van der Waals surface area (Å²) in [6.07, 6.45) is 3.93. The first-order valence-electron chi connectivity index (χ1n) is 10.00. The van der Waals surface area contributed by atoms with Crippen LogP contribution in [0.1, 0.15) is 42.7 Å². The molecule has 0 radical (unpaired) electrons. The van der Waals surface area contributed by atoms with Crippen LogP contribution in [0.25, 0.3) is 0 Å². The van der Waals surface area contributed by atoms with Gasteiger partial charge in [0, 0.05) is 43.8 Å². The van der Waals surface area contributed by atoms with Gasteiger partial charge in [0.2, 0.25) is 10.0 Å². The summed E-state index contributed by atoms with van der Waals surface area (Å²) in [6, 6.07) is 8.62. The Morgan fingerprint density at radius 2 is 1.83 bits per heavy atom. The molecule has 7 nitrogen and oxygen atoms in total. The normalized spacial score (nSPS) is 14.4. The van der Waals surface area contributed by atoms with Gasteiger partial charge in [-0.1, -0.05) is 19.9 Å². The second-order valence-electron chi connectivity index (χ2n) is 7.12. The van der Waals surface area contributed by atoms with Crippen LogP contribution in [-0.2, 0) is 10.0 Å². The topological polar surface area (TPSA) is 82.6 Å². The fourth-order valence-electron chi connectivity index (χ4n) is 3.57. The van der Waals surface area contributed by atoms with Gasteiger partial charge in [0.15, 0.2) is 0 Å². The van der Waals surface area contributed by atoms with Gasteiger partial charge in [0.05, 0.1) is 4.90 Å². The van der Waals surface area contributed by atoms with Gasteiger partial charge in [-0.25, -0.2) is 8.42 Å². The summed E-state index contributed by atoms with van der Waals surface area (Å²) in [5.74, 6) is -0.360. The van der Waals surface area contributed by atoms with Crippen LogP contribution in [0.3, 0.4) is 0 Å². The zero-order valence-electron chi connectivity index (χ0n) is 17.2. The number of benzene rings is 1. The number of anilines is 2. The van der Waals surface area contributed by atoms with Crippen molar-refractivity contribution in [3.05, 3.63) is 47.8 Å². The minimum absolute atomic E-state index is 0.206. The molecule has 1 fully saturated rings. The Hall–Kier alpha value is -2.45. The van der Waals surface area contributed by atoms with Crippen LogP contribution in [0, 0.1) is 6.92 Å². The van der Waals surface area contributed by atoms with Crippen molar-refractivity contribution in [3.8, 4) is 0 Å². The van der Waals surface area contributed by atoms with Gasteiger partial charge in [0.25, 0.3) is 5.91 Å². The predicted octanol–water partition coefficient (Wildman–Crippen LogP) is 3.27. The number of sulfonamides is 1. The van der Waals surface area contributed by atoms with E-state index >= 15 is 0 Å². The molecule has 0 atom stereocenters. The van der Waals surface area contributed by atoms with E-state index in [4.69, 9.17) is 0 Å². The van der Waals surface area contributed by atoms with Gasteiger partial charge >= 0.3 is 0 Å². The summed E-state index contributed by atoms with van der Waals surface area (Å²) >= 11 is 0. The van der Waals surface area contributed by atoms with Gasteiger partial charge in [-0.2, -0.15) is 4.31 Å². The van der Waals surface area contributed by atoms with Crippen LogP contribution < -0.4 is 10.2 Å². The van der Waals surface area contributed by atoms with E-state index in [9.17, 15) is 13.2 Å². The number of pyridine rings is 1. The molecule has 2 aromatic rings. The van der Waals surface area contributed by atoms with Gasteiger partial charge in [0.1, 0.15) is 5.69 Å². The lowest BCUT2D eigenvalue weighted by atomic mass is 10.2. The first-order valence-corrected chi connectivity index (χ1v) is 11.4. The van der Waals surface area contributed by atoms with Crippen molar-refractivity contribution in [1.82, 2.24) is 9.29 Å². The molecule has 0 aliphatic carbocycles. The summed E-state index contributed by atoms with van der Waals surface area (Å²) in [5, 5.41) is 2.79. The molecule has 29 heavy (non-hydrogen) atoms. The molecule has 2 heterocycles. The Kier molecular flexibility index (Phi) is 6.54. The number of hydrogen-bond acceptors (Lipinski definition) is 5. The van der Waals surface area contributed by atoms with Gasteiger partial charge in [-0.15, -0.1) is 0 Å². The fraction of sp³-hybridized carbons (Fsp3) is 0.429. The van der Waals surface area contributed by atoms with Crippen molar-refractivity contribution in [2.75, 3.05) is 36.4 Å². The molecular weight excluding hydrogens is 388 g/mol. The highest BCUT2D eigenvalue weighted by atomic mass is 32.2. The molecular formula is C21H28N4O3S. The zero-order valence-corrected chi connectivity index (χ0v) is 18.0. The number of nitrogens with one attached hydrogen (secondary N) is 1. The molecule has 1 amide bonds. The number of carbonyl (C=O) groups is 1. The van der Waals surface area contributed by atoms with E-state index in [0.29, 0.717) is 30.0 Å². The van der Waals surface area contributed by atoms with Crippen LogP contribution in [0.15, 0.2) is 41.4 Å². The van der Waals surface area contributed by atoms with E-state index in [1.54, 1.807) is 45.2 Å². The van der Waals surface area contributed by atoms with E-state index in [-0.39, 0.29) is 10.8 Å². The second-order valence-corrected chi connectivity index (χ2v) is 9.02. The molecule has 1 saturated heterocycles. The van der Waals surface area contributed by atoms with Crippen LogP contribution in [0.2, 0.25) is 0 Å². The lowest BCUT2D eigenvalue weighted by molar-refractivity contribution is 0.102. The third-order valence-electron chi connectivity index (χ3n) is 5.22. The van der Waals surface area contributed by atoms with E-state index in [1.165, 1.54) is 10.4 Å². The maximum Gasteiger partial charge on any atom is 0.274 e. The highest BCUT2D eigenvalue weighted by molar-refractivity contribution is 7.89. The largest absolute Gasteiger partial charge is 0.371 e. The monoisotopic (exact) mass is 416 g/mol. The van der Waals surface area contributed by atoms with Crippen LogP contribution in [0.4, 0.5) is 11.4 Å². The van der Waals surface area contributed by atoms with Crippen molar-refractivity contribution in [2.24, 2.45) is 0 Å². The maximum atomic E-state index is 12.9. The predicted molar refractivity (Wildman–Crippen MR) is 115 cm³/mol. The van der Waals surface area contributed by atoms with Crippen LogP contribution >= 0.6 is 0 Å². The number of nitrogens with zero attached hydrogens (tertiary/aromatic N) is 3. The number of carbonyl (C=O) groups excluding carboxylic acids is 1. The molecule has 1 aliphatic heterocycles. The molecule has 1 aliphatic rings. The zero-order chi connectivity index (χ0) is 21.0. The maximum absolute atomic E-state index is 12.9. The standard InChI is InChI=1S/C21H28N4O3S/c1-4-25(5-2)29(27,28)20-14-17(9-8-16(20)3)23-21(26)19-15-18(10-11-22-19)24-12-6-7-13-24/h8-11,14-15H,4-7,12-13H2,1-3H3,(H,23,26). The van der Waals surface area contributed by atoms with Crippen molar-refractivity contribution >= 4 is 27.3 Å². The third-order valence-corrected chi connectivity index (χ3v) is 7.41. The Balaban J connectivity index is 1.84. The first kappa shape index (κ1) is 21.3. The van der Waals surface area contributed by atoms with Gasteiger partial charge in [-0.3, -0.25) is 9.78 Å². The molecule has 0 saturated carbocycles. The van der Waals surface area contributed by atoms with Crippen molar-refractivity contribution in [1.29, 1.82) is 0 Å². The third kappa shape index (κ3) is 4.59. The highest BCUT2D eigenvalue weighted by Crippen LogP contribution is 2.25. The summed E-state index contributed by atoms with van der Waals surface area (Å²) in [6.45, 7) is 8.11. The Labute approximate surface area is 172 Å². The van der Waals surface area contributed by atoms with Gasteiger partial charge < -0.3 is 10.2 Å². The summed E-state index contributed by atoms with van der Waals surface area (Å²) < 4.78 is 27.2. The number of hydrogen-bond donors (Lipinski definition) is 1. The summed E-state index contributed by atoms with van der Waals surface area (Å²) in [7, 11) is -3.61. The Morgan fingerprint density at radius 1 is 1.14 bits per heavy atom. The molecule has 0 bridgehead atoms. The molecule has 156 valence electrons. The minimum Gasteiger partial charge on any atom is -0.371 e. The molecule has 1 N–H and O–H groups in total. The van der Waals surface area contributed by atoms with Gasteiger partial charge in [-0.05, 0) is 49.6 Å². The number of amides is 1. The molecule has 1 aromatic carbocycles. The number of aromatic nitrogens is 1. The molecule has 3 rings (SSSR count). The smallest absolute Gasteiger partial charge is 0.274 e. The van der Waals surface area contributed by atoms with Crippen molar-refractivity contribution < 1.29 is 13.2 Å². The molecule has 8 heteroatoms. The highest BCUT2D eigenvalue weighted by Gasteiger charge is 2.24. The van der Waals surface area contributed by atoms with Crippen molar-refractivity contribution in [2.45, 2.75) is 38.5 Å². The fourth-order valence-corrected chi connectivity index (χ4v) is 5.28. The molecule has 0 spiro atoms. The SMILES string of the molecule is CCN(CC)S(=O)(=O)c1cc(NC(=O)c2cc(N3CCCC3)ccn2)ccc1C. The van der Waals surface area contributed by atoms with E-state index in [1.807, 2.05) is 6.07 Å². The van der Waals surface area contributed by atoms with Crippen LogP contribution in [0.5, 0.6) is 0 Å². The Bertz CT molecular complexity index is 981. The lowest BCUT2D eigenvalue weighted by Gasteiger charge is -2.20. The second kappa shape index (κ2) is 8.92. The van der Waals surface area contributed by atoms with Crippen molar-refractivity contribution in [3.63, 3.8) is 0 Å². The Morgan fingerprint density at radius 3 is 2.48 bits per heavy atom.